The van der Waals surface area contributed by atoms with Gasteiger partial charge < -0.3 is 0 Å². The Morgan fingerprint density at radius 3 is 2.91 bits per heavy atom. The van der Waals surface area contributed by atoms with E-state index in [1.165, 1.54) is 0 Å². The molecule has 3 heteroatoms. The van der Waals surface area contributed by atoms with Crippen LogP contribution in [0.3, 0.4) is 0 Å². The molecular weight excluding hydrogens is 158 g/mol. The molecule has 11 heavy (non-hydrogen) atoms. The normalized spacial score (nSPS) is 14.8. The van der Waals surface area contributed by atoms with Crippen LogP contribution in [0.2, 0.25) is 0 Å². The van der Waals surface area contributed by atoms with Crippen LogP contribution in [0.5, 0.6) is 0 Å². The molecule has 1 N–H and O–H groups in total. The summed E-state index contributed by atoms with van der Waals surface area (Å²) >= 11 is 1.61. The molecule has 0 atom stereocenters. The van der Waals surface area contributed by atoms with E-state index in [1.54, 1.807) is 18.0 Å². The number of nitrogens with zero attached hydrogens (tertiary/aromatic N) is 1. The molecule has 1 aliphatic rings. The van der Waals surface area contributed by atoms with E-state index >= 15 is 0 Å². The first-order valence-electron chi connectivity index (χ1n) is 3.28. The summed E-state index contributed by atoms with van der Waals surface area (Å²) in [5.74, 6) is 0. The molecule has 2 rings (SSSR count). The van der Waals surface area contributed by atoms with E-state index in [0.717, 1.165) is 15.6 Å². The lowest BCUT2D eigenvalue weighted by Crippen LogP contribution is -2.11. The molecule has 0 saturated carbocycles. The Bertz CT molecular complexity index is 298. The highest BCUT2D eigenvalue weighted by molar-refractivity contribution is 8.02. The molecule has 1 aliphatic heterocycles. The molecule has 0 fully saturated rings. The number of anilines is 1. The summed E-state index contributed by atoms with van der Waals surface area (Å²) in [4.78, 5) is 1.08. The fourth-order valence-electron chi connectivity index (χ4n) is 0.988. The SMILES string of the molecule is ON1C=CSc2ccccc21. The average Bonchev–Trinajstić information content (AvgIpc) is 2.06. The molecule has 0 spiro atoms. The summed E-state index contributed by atoms with van der Waals surface area (Å²) in [5, 5.41) is 12.3. The van der Waals surface area contributed by atoms with E-state index in [1.807, 2.05) is 29.7 Å². The topological polar surface area (TPSA) is 23.5 Å². The van der Waals surface area contributed by atoms with Crippen LogP contribution in [0.15, 0.2) is 40.8 Å². The molecular formula is C8H7NOS. The van der Waals surface area contributed by atoms with Crippen LogP contribution < -0.4 is 5.06 Å². The van der Waals surface area contributed by atoms with E-state index in [-0.39, 0.29) is 0 Å². The molecule has 2 nitrogen and oxygen atoms in total. The van der Waals surface area contributed by atoms with Crippen LogP contribution in [-0.2, 0) is 0 Å². The van der Waals surface area contributed by atoms with Crippen molar-refractivity contribution in [2.75, 3.05) is 5.06 Å². The fraction of sp³-hybridized carbons (Fsp3) is 0. The smallest absolute Gasteiger partial charge is 0.0825 e. The van der Waals surface area contributed by atoms with Gasteiger partial charge >= 0.3 is 0 Å². The lowest BCUT2D eigenvalue weighted by atomic mass is 10.3. The number of hydrogen-bond acceptors (Lipinski definition) is 3. The van der Waals surface area contributed by atoms with Gasteiger partial charge in [-0.15, -0.1) is 0 Å². The van der Waals surface area contributed by atoms with Crippen molar-refractivity contribution < 1.29 is 5.21 Å². The maximum Gasteiger partial charge on any atom is 0.0825 e. The summed E-state index contributed by atoms with van der Waals surface area (Å²) in [6.45, 7) is 0. The van der Waals surface area contributed by atoms with Crippen molar-refractivity contribution in [1.82, 2.24) is 0 Å². The first-order valence-corrected chi connectivity index (χ1v) is 4.16. The molecule has 1 heterocycles. The molecule has 0 radical (unpaired) electrons. The van der Waals surface area contributed by atoms with Gasteiger partial charge in [0, 0.05) is 11.1 Å². The van der Waals surface area contributed by atoms with Gasteiger partial charge in [-0.05, 0) is 17.5 Å². The minimum Gasteiger partial charge on any atom is -0.284 e. The highest BCUT2D eigenvalue weighted by atomic mass is 32.2. The molecule has 0 aromatic heterocycles. The first kappa shape index (κ1) is 6.76. The number of hydrogen-bond donors (Lipinski definition) is 1. The number of fused-ring (bicyclic) bond motifs is 1. The predicted octanol–water partition coefficient (Wildman–Crippen LogP) is 2.46. The minimum atomic E-state index is 0.847. The van der Waals surface area contributed by atoms with Gasteiger partial charge in [-0.1, -0.05) is 23.9 Å². The maximum atomic E-state index is 9.29. The summed E-state index contributed by atoms with van der Waals surface area (Å²) in [7, 11) is 0. The molecule has 0 unspecified atom stereocenters. The van der Waals surface area contributed by atoms with Gasteiger partial charge in [0.05, 0.1) is 5.69 Å². The van der Waals surface area contributed by atoms with Crippen LogP contribution in [-0.4, -0.2) is 5.21 Å². The number of para-hydroxylation sites is 1. The van der Waals surface area contributed by atoms with Gasteiger partial charge in [0.25, 0.3) is 0 Å². The molecule has 0 amide bonds. The predicted molar refractivity (Wildman–Crippen MR) is 45.7 cm³/mol. The lowest BCUT2D eigenvalue weighted by Gasteiger charge is -2.18. The third-order valence-electron chi connectivity index (χ3n) is 1.51. The Hall–Kier alpha value is -0.930. The average molecular weight is 165 g/mol. The Morgan fingerprint density at radius 2 is 2.09 bits per heavy atom. The summed E-state index contributed by atoms with van der Waals surface area (Å²) < 4.78 is 0. The van der Waals surface area contributed by atoms with E-state index in [2.05, 4.69) is 0 Å². The Labute approximate surface area is 69.1 Å². The summed E-state index contributed by atoms with van der Waals surface area (Å²) in [5.41, 5.74) is 0.847. The van der Waals surface area contributed by atoms with Gasteiger partial charge in [-0.25, -0.2) is 5.06 Å². The quantitative estimate of drug-likeness (QED) is 0.638. The zero-order valence-corrected chi connectivity index (χ0v) is 6.58. The van der Waals surface area contributed by atoms with E-state index in [0.29, 0.717) is 0 Å². The van der Waals surface area contributed by atoms with Crippen molar-refractivity contribution in [3.8, 4) is 0 Å². The van der Waals surface area contributed by atoms with Gasteiger partial charge in [0.2, 0.25) is 0 Å². The van der Waals surface area contributed by atoms with Crippen LogP contribution in [0.4, 0.5) is 5.69 Å². The van der Waals surface area contributed by atoms with E-state index in [9.17, 15) is 5.21 Å². The van der Waals surface area contributed by atoms with Crippen molar-refractivity contribution in [3.63, 3.8) is 0 Å². The Kier molecular flexibility index (Phi) is 1.60. The van der Waals surface area contributed by atoms with Gasteiger partial charge in [0.15, 0.2) is 0 Å². The second-order valence-corrected chi connectivity index (χ2v) is 3.16. The van der Waals surface area contributed by atoms with Crippen molar-refractivity contribution in [3.05, 3.63) is 35.9 Å². The van der Waals surface area contributed by atoms with Crippen LogP contribution in [0, 0.1) is 0 Å². The molecule has 0 saturated heterocycles. The second kappa shape index (κ2) is 2.60. The van der Waals surface area contributed by atoms with Crippen molar-refractivity contribution in [2.24, 2.45) is 0 Å². The number of benzene rings is 1. The van der Waals surface area contributed by atoms with E-state index < -0.39 is 0 Å². The van der Waals surface area contributed by atoms with Crippen molar-refractivity contribution in [1.29, 1.82) is 0 Å². The summed E-state index contributed by atoms with van der Waals surface area (Å²) in [6, 6.07) is 7.72. The fourth-order valence-corrected chi connectivity index (χ4v) is 1.75. The number of rotatable bonds is 0. The monoisotopic (exact) mass is 165 g/mol. The number of thioether (sulfide) groups is 1. The molecule has 56 valence electrons. The Balaban J connectivity index is 2.50. The third-order valence-corrected chi connectivity index (χ3v) is 2.37. The van der Waals surface area contributed by atoms with Gasteiger partial charge in [-0.3, -0.25) is 5.21 Å². The van der Waals surface area contributed by atoms with Crippen LogP contribution >= 0.6 is 11.8 Å². The molecule has 1 aromatic carbocycles. The maximum absolute atomic E-state index is 9.29. The second-order valence-electron chi connectivity index (χ2n) is 2.22. The van der Waals surface area contributed by atoms with Gasteiger partial charge in [0.1, 0.15) is 0 Å². The molecule has 1 aromatic rings. The largest absolute Gasteiger partial charge is 0.284 e. The summed E-state index contributed by atoms with van der Waals surface area (Å²) in [6.07, 6.45) is 1.63. The van der Waals surface area contributed by atoms with Crippen molar-refractivity contribution in [2.45, 2.75) is 4.90 Å². The standard InChI is InChI=1S/C8H7NOS/c10-9-5-6-11-8-4-2-1-3-7(8)9/h1-6,10H. The van der Waals surface area contributed by atoms with Gasteiger partial charge in [-0.2, -0.15) is 0 Å². The first-order chi connectivity index (χ1) is 5.38. The van der Waals surface area contributed by atoms with Crippen molar-refractivity contribution >= 4 is 17.4 Å². The number of hydroxylamine groups is 1. The molecule has 0 aliphatic carbocycles. The third kappa shape index (κ3) is 1.13. The highest BCUT2D eigenvalue weighted by Crippen LogP contribution is 2.33. The van der Waals surface area contributed by atoms with Crippen LogP contribution in [0.1, 0.15) is 0 Å². The highest BCUT2D eigenvalue weighted by Gasteiger charge is 2.08. The van der Waals surface area contributed by atoms with Crippen LogP contribution in [0.25, 0.3) is 0 Å². The minimum absolute atomic E-state index is 0.847. The zero-order chi connectivity index (χ0) is 7.68. The lowest BCUT2D eigenvalue weighted by molar-refractivity contribution is 0.293. The zero-order valence-electron chi connectivity index (χ0n) is 5.77. The van der Waals surface area contributed by atoms with E-state index in [4.69, 9.17) is 0 Å². The Morgan fingerprint density at radius 1 is 1.27 bits per heavy atom. The molecule has 0 bridgehead atoms.